The van der Waals surface area contributed by atoms with Crippen LogP contribution in [0, 0.1) is 11.7 Å². The number of piperazine rings is 1. The van der Waals surface area contributed by atoms with Crippen LogP contribution in [0.25, 0.3) is 0 Å². The highest BCUT2D eigenvalue weighted by molar-refractivity contribution is 6.30. The Morgan fingerprint density at radius 2 is 1.91 bits per heavy atom. The Labute approximate surface area is 139 Å². The van der Waals surface area contributed by atoms with E-state index in [1.165, 1.54) is 18.2 Å². The van der Waals surface area contributed by atoms with Crippen LogP contribution in [0.2, 0.25) is 5.02 Å². The van der Waals surface area contributed by atoms with Gasteiger partial charge in [0, 0.05) is 37.1 Å². The lowest BCUT2D eigenvalue weighted by Gasteiger charge is -2.34. The largest absolute Gasteiger partial charge is 0.340 e. The van der Waals surface area contributed by atoms with Gasteiger partial charge >= 0.3 is 0 Å². The zero-order valence-corrected chi connectivity index (χ0v) is 13.5. The monoisotopic (exact) mass is 339 g/mol. The van der Waals surface area contributed by atoms with E-state index in [9.17, 15) is 14.0 Å². The fraction of sp³-hybridized carbons (Fsp3) is 0.500. The number of nitrogens with one attached hydrogen (secondary N) is 1. The molecule has 1 aliphatic carbocycles. The highest BCUT2D eigenvalue weighted by Crippen LogP contribution is 2.31. The molecule has 124 valence electrons. The molecule has 0 bridgehead atoms. The van der Waals surface area contributed by atoms with Crippen LogP contribution in [0.4, 0.5) is 10.1 Å². The van der Waals surface area contributed by atoms with Crippen LogP contribution < -0.4 is 5.32 Å². The molecule has 1 aromatic carbocycles. The van der Waals surface area contributed by atoms with Crippen LogP contribution in [0.15, 0.2) is 18.2 Å². The molecule has 0 aromatic heterocycles. The molecule has 1 aliphatic heterocycles. The first kappa shape index (κ1) is 16.2. The summed E-state index contributed by atoms with van der Waals surface area (Å²) in [5.74, 6) is -0.318. The van der Waals surface area contributed by atoms with Gasteiger partial charge in [-0.1, -0.05) is 11.6 Å². The maximum Gasteiger partial charge on any atom is 0.238 e. The number of carbonyl (C=O) groups is 2. The van der Waals surface area contributed by atoms with Gasteiger partial charge in [-0.3, -0.25) is 14.5 Å². The molecule has 1 heterocycles. The standard InChI is InChI=1S/C16H19ClFN3O2/c17-12-3-4-13(18)14(9-12)19-15(22)10-20-5-7-21(8-6-20)16(23)11-1-2-11/h3-4,9,11H,1-2,5-8,10H2,(H,19,22). The average molecular weight is 340 g/mol. The molecule has 3 rings (SSSR count). The number of carbonyl (C=O) groups excluding carboxylic acids is 2. The van der Waals surface area contributed by atoms with Crippen molar-refractivity contribution < 1.29 is 14.0 Å². The van der Waals surface area contributed by atoms with Crippen molar-refractivity contribution in [1.82, 2.24) is 9.80 Å². The van der Waals surface area contributed by atoms with Gasteiger partial charge in [0.05, 0.1) is 12.2 Å². The first-order valence-electron chi connectivity index (χ1n) is 7.79. The van der Waals surface area contributed by atoms with Crippen molar-refractivity contribution in [3.05, 3.63) is 29.0 Å². The van der Waals surface area contributed by atoms with Crippen molar-refractivity contribution in [3.8, 4) is 0 Å². The lowest BCUT2D eigenvalue weighted by Crippen LogP contribution is -2.50. The van der Waals surface area contributed by atoms with E-state index in [-0.39, 0.29) is 30.0 Å². The quantitative estimate of drug-likeness (QED) is 0.912. The van der Waals surface area contributed by atoms with Gasteiger partial charge in [0.2, 0.25) is 11.8 Å². The molecule has 0 spiro atoms. The number of hydrogen-bond donors (Lipinski definition) is 1. The van der Waals surface area contributed by atoms with Crippen molar-refractivity contribution in [2.24, 2.45) is 5.92 Å². The summed E-state index contributed by atoms with van der Waals surface area (Å²) in [4.78, 5) is 27.9. The summed E-state index contributed by atoms with van der Waals surface area (Å²) in [6.45, 7) is 2.79. The van der Waals surface area contributed by atoms with Crippen LogP contribution in [0.5, 0.6) is 0 Å². The Morgan fingerprint density at radius 3 is 2.57 bits per heavy atom. The molecule has 1 aromatic rings. The number of halogens is 2. The summed E-state index contributed by atoms with van der Waals surface area (Å²) in [7, 11) is 0. The minimum absolute atomic E-state index is 0.0880. The Morgan fingerprint density at radius 1 is 1.22 bits per heavy atom. The van der Waals surface area contributed by atoms with E-state index < -0.39 is 5.82 Å². The summed E-state index contributed by atoms with van der Waals surface area (Å²) < 4.78 is 13.6. The van der Waals surface area contributed by atoms with Crippen molar-refractivity contribution in [1.29, 1.82) is 0 Å². The smallest absolute Gasteiger partial charge is 0.238 e. The van der Waals surface area contributed by atoms with Gasteiger partial charge in [0.25, 0.3) is 0 Å². The van der Waals surface area contributed by atoms with Crippen LogP contribution in [-0.4, -0.2) is 54.3 Å². The van der Waals surface area contributed by atoms with Gasteiger partial charge in [-0.25, -0.2) is 4.39 Å². The van der Waals surface area contributed by atoms with Crippen LogP contribution in [0.1, 0.15) is 12.8 Å². The van der Waals surface area contributed by atoms with Crippen molar-refractivity contribution in [2.75, 3.05) is 38.0 Å². The molecule has 1 saturated carbocycles. The van der Waals surface area contributed by atoms with E-state index in [2.05, 4.69) is 5.32 Å². The summed E-state index contributed by atoms with van der Waals surface area (Å²) in [5, 5.41) is 2.91. The highest BCUT2D eigenvalue weighted by Gasteiger charge is 2.34. The van der Waals surface area contributed by atoms with E-state index in [1.807, 2.05) is 9.80 Å². The molecule has 0 radical (unpaired) electrons. The maximum absolute atomic E-state index is 13.6. The maximum atomic E-state index is 13.6. The van der Waals surface area contributed by atoms with E-state index in [0.717, 1.165) is 12.8 Å². The van der Waals surface area contributed by atoms with E-state index in [4.69, 9.17) is 11.6 Å². The lowest BCUT2D eigenvalue weighted by molar-refractivity contribution is -0.134. The van der Waals surface area contributed by atoms with Gasteiger partial charge in [0.1, 0.15) is 5.82 Å². The molecule has 0 unspecified atom stereocenters. The van der Waals surface area contributed by atoms with Gasteiger partial charge in [-0.05, 0) is 31.0 Å². The van der Waals surface area contributed by atoms with Crippen molar-refractivity contribution in [3.63, 3.8) is 0 Å². The third kappa shape index (κ3) is 4.20. The zero-order valence-electron chi connectivity index (χ0n) is 12.7. The van der Waals surface area contributed by atoms with Crippen LogP contribution >= 0.6 is 11.6 Å². The second-order valence-electron chi connectivity index (χ2n) is 6.05. The van der Waals surface area contributed by atoms with Gasteiger partial charge in [-0.15, -0.1) is 0 Å². The summed E-state index contributed by atoms with van der Waals surface area (Å²) >= 11 is 5.80. The highest BCUT2D eigenvalue weighted by atomic mass is 35.5. The number of benzene rings is 1. The third-order valence-corrected chi connectivity index (χ3v) is 4.42. The van der Waals surface area contributed by atoms with E-state index >= 15 is 0 Å². The summed E-state index contributed by atoms with van der Waals surface area (Å²) in [6.07, 6.45) is 2.01. The number of rotatable bonds is 4. The Bertz CT molecular complexity index is 613. The van der Waals surface area contributed by atoms with Crippen LogP contribution in [-0.2, 0) is 9.59 Å². The predicted molar refractivity (Wildman–Crippen MR) is 85.8 cm³/mol. The molecular weight excluding hydrogens is 321 g/mol. The number of hydrogen-bond acceptors (Lipinski definition) is 3. The number of amides is 2. The molecule has 1 N–H and O–H groups in total. The van der Waals surface area contributed by atoms with E-state index in [1.54, 1.807) is 0 Å². The minimum atomic E-state index is -0.511. The number of anilines is 1. The molecule has 0 atom stereocenters. The normalized spacial score (nSPS) is 18.8. The zero-order chi connectivity index (χ0) is 16.4. The summed E-state index contributed by atoms with van der Waals surface area (Å²) in [6, 6.07) is 4.05. The Balaban J connectivity index is 1.47. The Hall–Kier alpha value is -1.66. The molecule has 23 heavy (non-hydrogen) atoms. The predicted octanol–water partition coefficient (Wildman–Crippen LogP) is 1.97. The molecule has 2 fully saturated rings. The topological polar surface area (TPSA) is 52.7 Å². The van der Waals surface area contributed by atoms with Gasteiger partial charge < -0.3 is 10.2 Å². The van der Waals surface area contributed by atoms with Gasteiger partial charge in [-0.2, -0.15) is 0 Å². The van der Waals surface area contributed by atoms with E-state index in [0.29, 0.717) is 31.2 Å². The first-order chi connectivity index (χ1) is 11.0. The fourth-order valence-corrected chi connectivity index (χ4v) is 2.87. The Kier molecular flexibility index (Phi) is 4.82. The van der Waals surface area contributed by atoms with Crippen LogP contribution in [0.3, 0.4) is 0 Å². The fourth-order valence-electron chi connectivity index (χ4n) is 2.70. The molecular formula is C16H19ClFN3O2. The third-order valence-electron chi connectivity index (χ3n) is 4.18. The molecule has 2 aliphatic rings. The lowest BCUT2D eigenvalue weighted by atomic mass is 10.2. The molecule has 7 heteroatoms. The molecule has 2 amide bonds. The molecule has 5 nitrogen and oxygen atoms in total. The number of nitrogens with zero attached hydrogens (tertiary/aromatic N) is 2. The SMILES string of the molecule is O=C(CN1CCN(C(=O)C2CC2)CC1)Nc1cc(Cl)ccc1F. The second kappa shape index (κ2) is 6.84. The van der Waals surface area contributed by atoms with Gasteiger partial charge in [0.15, 0.2) is 0 Å². The molecule has 1 saturated heterocycles. The average Bonchev–Trinajstić information content (AvgIpc) is 3.36. The van der Waals surface area contributed by atoms with Crippen molar-refractivity contribution in [2.45, 2.75) is 12.8 Å². The van der Waals surface area contributed by atoms with Crippen molar-refractivity contribution >= 4 is 29.1 Å². The minimum Gasteiger partial charge on any atom is -0.340 e. The first-order valence-corrected chi connectivity index (χ1v) is 8.17. The summed E-state index contributed by atoms with van der Waals surface area (Å²) in [5.41, 5.74) is 0.0880. The second-order valence-corrected chi connectivity index (χ2v) is 6.48.